The van der Waals surface area contributed by atoms with Crippen LogP contribution in [0.15, 0.2) is 28.7 Å². The molecular formula is C16H19N3O3. The maximum Gasteiger partial charge on any atom is 0.309 e. The van der Waals surface area contributed by atoms with Crippen LogP contribution in [0.3, 0.4) is 0 Å². The number of nitrogens with one attached hydrogen (secondary N) is 1. The predicted octanol–water partition coefficient (Wildman–Crippen LogP) is 2.81. The van der Waals surface area contributed by atoms with Gasteiger partial charge in [-0.15, -0.1) is 10.2 Å². The van der Waals surface area contributed by atoms with E-state index in [0.717, 1.165) is 25.7 Å². The predicted molar refractivity (Wildman–Crippen MR) is 80.6 cm³/mol. The molecule has 0 spiro atoms. The molecule has 1 heterocycles. The van der Waals surface area contributed by atoms with Crippen LogP contribution in [0.1, 0.15) is 42.8 Å². The molecule has 116 valence electrons. The number of ether oxygens (including phenoxy) is 1. The molecule has 6 heteroatoms. The molecule has 1 fully saturated rings. The summed E-state index contributed by atoms with van der Waals surface area (Å²) in [6.45, 7) is 0. The number of aromatic nitrogens is 2. The van der Waals surface area contributed by atoms with Gasteiger partial charge in [-0.05, 0) is 25.0 Å². The van der Waals surface area contributed by atoms with Crippen LogP contribution in [0.2, 0.25) is 0 Å². The summed E-state index contributed by atoms with van der Waals surface area (Å²) < 4.78 is 10.8. The quantitative estimate of drug-likeness (QED) is 0.939. The largest absolute Gasteiger partial charge is 0.496 e. The van der Waals surface area contributed by atoms with Crippen molar-refractivity contribution in [1.82, 2.24) is 15.5 Å². The van der Waals surface area contributed by atoms with Crippen molar-refractivity contribution in [2.45, 2.75) is 38.1 Å². The SMILES string of the molecule is COc1ccccc1-c1nnc(C(=O)NC2CCCCC2)o1. The first-order valence-corrected chi connectivity index (χ1v) is 7.55. The molecule has 1 aromatic heterocycles. The number of methoxy groups -OCH3 is 1. The molecule has 2 aromatic rings. The fourth-order valence-electron chi connectivity index (χ4n) is 2.74. The molecule has 0 atom stereocenters. The molecule has 0 bridgehead atoms. The van der Waals surface area contributed by atoms with Crippen LogP contribution in [-0.4, -0.2) is 29.3 Å². The first-order chi connectivity index (χ1) is 10.8. The van der Waals surface area contributed by atoms with Crippen LogP contribution in [0, 0.1) is 0 Å². The van der Waals surface area contributed by atoms with Gasteiger partial charge in [-0.1, -0.05) is 31.4 Å². The Morgan fingerprint density at radius 2 is 2.00 bits per heavy atom. The first-order valence-electron chi connectivity index (χ1n) is 7.55. The van der Waals surface area contributed by atoms with Crippen molar-refractivity contribution >= 4 is 5.91 Å². The zero-order valence-corrected chi connectivity index (χ0v) is 12.5. The number of para-hydroxylation sites is 1. The van der Waals surface area contributed by atoms with Crippen LogP contribution < -0.4 is 10.1 Å². The summed E-state index contributed by atoms with van der Waals surface area (Å²) in [6.07, 6.45) is 5.58. The zero-order chi connectivity index (χ0) is 15.4. The molecule has 0 saturated heterocycles. The Kier molecular flexibility index (Phi) is 4.37. The molecule has 22 heavy (non-hydrogen) atoms. The minimum Gasteiger partial charge on any atom is -0.496 e. The highest BCUT2D eigenvalue weighted by Gasteiger charge is 2.21. The summed E-state index contributed by atoms with van der Waals surface area (Å²) in [7, 11) is 1.58. The smallest absolute Gasteiger partial charge is 0.309 e. The number of amides is 1. The molecule has 0 unspecified atom stereocenters. The minimum atomic E-state index is -0.305. The maximum atomic E-state index is 12.2. The standard InChI is InChI=1S/C16H19N3O3/c1-21-13-10-6-5-9-12(13)15-18-19-16(22-15)14(20)17-11-7-3-2-4-8-11/h5-6,9-11H,2-4,7-8H2,1H3,(H,17,20). The first kappa shape index (κ1) is 14.6. The van der Waals surface area contributed by atoms with E-state index in [-0.39, 0.29) is 23.7 Å². The topological polar surface area (TPSA) is 77.2 Å². The third-order valence-corrected chi connectivity index (χ3v) is 3.90. The lowest BCUT2D eigenvalue weighted by Gasteiger charge is -2.21. The van der Waals surface area contributed by atoms with E-state index in [1.165, 1.54) is 6.42 Å². The number of carbonyl (C=O) groups excluding carboxylic acids is 1. The number of benzene rings is 1. The highest BCUT2D eigenvalue weighted by Crippen LogP contribution is 2.28. The monoisotopic (exact) mass is 301 g/mol. The van der Waals surface area contributed by atoms with E-state index in [1.54, 1.807) is 13.2 Å². The molecule has 1 amide bonds. The Balaban J connectivity index is 1.74. The lowest BCUT2D eigenvalue weighted by Crippen LogP contribution is -2.36. The van der Waals surface area contributed by atoms with E-state index in [4.69, 9.17) is 9.15 Å². The van der Waals surface area contributed by atoms with E-state index in [1.807, 2.05) is 18.2 Å². The van der Waals surface area contributed by atoms with Crippen LogP contribution in [-0.2, 0) is 0 Å². The summed E-state index contributed by atoms with van der Waals surface area (Å²) in [4.78, 5) is 12.2. The Morgan fingerprint density at radius 1 is 1.23 bits per heavy atom. The molecule has 1 aromatic carbocycles. The van der Waals surface area contributed by atoms with E-state index in [9.17, 15) is 4.79 Å². The summed E-state index contributed by atoms with van der Waals surface area (Å²) in [5.41, 5.74) is 0.675. The fourth-order valence-corrected chi connectivity index (χ4v) is 2.74. The van der Waals surface area contributed by atoms with Gasteiger partial charge < -0.3 is 14.5 Å². The molecular weight excluding hydrogens is 282 g/mol. The van der Waals surface area contributed by atoms with Crippen molar-refractivity contribution in [3.8, 4) is 17.2 Å². The lowest BCUT2D eigenvalue weighted by molar-refractivity contribution is 0.0893. The van der Waals surface area contributed by atoms with Crippen LogP contribution in [0.4, 0.5) is 0 Å². The number of carbonyl (C=O) groups is 1. The van der Waals surface area contributed by atoms with Gasteiger partial charge in [0.15, 0.2) is 0 Å². The van der Waals surface area contributed by atoms with E-state index in [0.29, 0.717) is 11.3 Å². The maximum absolute atomic E-state index is 12.2. The van der Waals surface area contributed by atoms with Crippen molar-refractivity contribution in [3.63, 3.8) is 0 Å². The second kappa shape index (κ2) is 6.60. The molecule has 0 radical (unpaired) electrons. The zero-order valence-electron chi connectivity index (χ0n) is 12.5. The van der Waals surface area contributed by atoms with Gasteiger partial charge in [-0.25, -0.2) is 0 Å². The van der Waals surface area contributed by atoms with Gasteiger partial charge in [0, 0.05) is 6.04 Å². The summed E-state index contributed by atoms with van der Waals surface area (Å²) >= 11 is 0. The van der Waals surface area contributed by atoms with Gasteiger partial charge in [-0.3, -0.25) is 4.79 Å². The van der Waals surface area contributed by atoms with Crippen molar-refractivity contribution in [2.24, 2.45) is 0 Å². The Bertz CT molecular complexity index is 648. The molecule has 1 aliphatic carbocycles. The molecule has 0 aliphatic heterocycles. The van der Waals surface area contributed by atoms with E-state index >= 15 is 0 Å². The van der Waals surface area contributed by atoms with E-state index < -0.39 is 0 Å². The van der Waals surface area contributed by atoms with Crippen molar-refractivity contribution in [1.29, 1.82) is 0 Å². The van der Waals surface area contributed by atoms with Gasteiger partial charge in [0.1, 0.15) is 5.75 Å². The molecule has 1 aliphatic rings. The number of hydrogen-bond acceptors (Lipinski definition) is 5. The van der Waals surface area contributed by atoms with E-state index in [2.05, 4.69) is 15.5 Å². The summed E-state index contributed by atoms with van der Waals surface area (Å²) in [5.74, 6) is 0.601. The summed E-state index contributed by atoms with van der Waals surface area (Å²) in [5, 5.41) is 10.8. The highest BCUT2D eigenvalue weighted by molar-refractivity contribution is 5.90. The van der Waals surface area contributed by atoms with Crippen LogP contribution in [0.5, 0.6) is 5.75 Å². The van der Waals surface area contributed by atoms with Crippen molar-refractivity contribution in [2.75, 3.05) is 7.11 Å². The number of hydrogen-bond donors (Lipinski definition) is 1. The third-order valence-electron chi connectivity index (χ3n) is 3.90. The van der Waals surface area contributed by atoms with Gasteiger partial charge in [0.25, 0.3) is 5.89 Å². The molecule has 3 rings (SSSR count). The van der Waals surface area contributed by atoms with Gasteiger partial charge in [0.2, 0.25) is 0 Å². The fraction of sp³-hybridized carbons (Fsp3) is 0.438. The number of nitrogens with zero attached hydrogens (tertiary/aromatic N) is 2. The second-order valence-electron chi connectivity index (χ2n) is 5.42. The van der Waals surface area contributed by atoms with Crippen LogP contribution >= 0.6 is 0 Å². The Labute approximate surface area is 128 Å². The normalized spacial score (nSPS) is 15.5. The Morgan fingerprint density at radius 3 is 2.77 bits per heavy atom. The van der Waals surface area contributed by atoms with Gasteiger partial charge in [-0.2, -0.15) is 0 Å². The van der Waals surface area contributed by atoms with Crippen LogP contribution in [0.25, 0.3) is 11.5 Å². The highest BCUT2D eigenvalue weighted by atomic mass is 16.5. The molecule has 1 saturated carbocycles. The average molecular weight is 301 g/mol. The number of rotatable bonds is 4. The average Bonchev–Trinajstić information content (AvgIpc) is 3.05. The lowest BCUT2D eigenvalue weighted by atomic mass is 9.95. The molecule has 1 N–H and O–H groups in total. The van der Waals surface area contributed by atoms with Crippen molar-refractivity contribution in [3.05, 3.63) is 30.2 Å². The summed E-state index contributed by atoms with van der Waals surface area (Å²) in [6, 6.07) is 7.54. The van der Waals surface area contributed by atoms with Crippen molar-refractivity contribution < 1.29 is 13.9 Å². The second-order valence-corrected chi connectivity index (χ2v) is 5.42. The Hall–Kier alpha value is -2.37. The molecule has 6 nitrogen and oxygen atoms in total. The van der Waals surface area contributed by atoms with Gasteiger partial charge >= 0.3 is 11.8 Å². The third kappa shape index (κ3) is 3.10. The van der Waals surface area contributed by atoms with Gasteiger partial charge in [0.05, 0.1) is 12.7 Å². The minimum absolute atomic E-state index is 0.00789.